The van der Waals surface area contributed by atoms with Crippen molar-refractivity contribution in [3.8, 4) is 0 Å². The van der Waals surface area contributed by atoms with Crippen LogP contribution in [0.25, 0.3) is 0 Å². The van der Waals surface area contributed by atoms with Crippen molar-refractivity contribution >= 4 is 12.6 Å². The number of thiol groups is 1. The van der Waals surface area contributed by atoms with E-state index in [1.807, 2.05) is 0 Å². The first-order valence-corrected chi connectivity index (χ1v) is 6.26. The molecule has 1 saturated heterocycles. The zero-order valence-corrected chi connectivity index (χ0v) is 10.9. The Morgan fingerprint density at radius 3 is 2.53 bits per heavy atom. The number of nitrogens with one attached hydrogen (secondary N) is 1. The lowest BCUT2D eigenvalue weighted by atomic mass is 10.1. The highest BCUT2D eigenvalue weighted by Crippen LogP contribution is 2.15. The molecule has 4 heteroatoms. The van der Waals surface area contributed by atoms with Gasteiger partial charge in [0.1, 0.15) is 0 Å². The average Bonchev–Trinajstić information content (AvgIpc) is 2.17. The first-order valence-electron chi connectivity index (χ1n) is 5.81. The van der Waals surface area contributed by atoms with Crippen LogP contribution in [0.15, 0.2) is 0 Å². The minimum Gasteiger partial charge on any atom is -0.379 e. The molecular formula is C11H24N2OS. The maximum Gasteiger partial charge on any atom is 0.0594 e. The van der Waals surface area contributed by atoms with Crippen molar-refractivity contribution in [2.45, 2.75) is 25.0 Å². The molecular weight excluding hydrogens is 208 g/mol. The second-order valence-corrected chi connectivity index (χ2v) is 5.98. The zero-order chi connectivity index (χ0) is 11.1. The monoisotopic (exact) mass is 232 g/mol. The van der Waals surface area contributed by atoms with Crippen LogP contribution in [0.5, 0.6) is 0 Å². The molecule has 1 aliphatic heterocycles. The van der Waals surface area contributed by atoms with Gasteiger partial charge in [0, 0.05) is 30.9 Å². The first-order chi connectivity index (χ1) is 7.08. The van der Waals surface area contributed by atoms with E-state index in [0.29, 0.717) is 0 Å². The third-order valence-corrected chi connectivity index (χ3v) is 2.85. The lowest BCUT2D eigenvalue weighted by Gasteiger charge is -2.26. The number of ether oxygens (including phenoxy) is 1. The lowest BCUT2D eigenvalue weighted by Crippen LogP contribution is -2.40. The van der Waals surface area contributed by atoms with E-state index in [0.717, 1.165) is 52.4 Å². The SMILES string of the molecule is CC(C)(S)CCNCCN1CCOCC1. The second-order valence-electron chi connectivity index (χ2n) is 4.77. The fourth-order valence-corrected chi connectivity index (χ4v) is 1.69. The van der Waals surface area contributed by atoms with Crippen LogP contribution >= 0.6 is 12.6 Å². The van der Waals surface area contributed by atoms with E-state index < -0.39 is 0 Å². The van der Waals surface area contributed by atoms with Gasteiger partial charge < -0.3 is 10.1 Å². The van der Waals surface area contributed by atoms with Gasteiger partial charge in [-0.3, -0.25) is 4.90 Å². The molecule has 0 unspecified atom stereocenters. The third-order valence-electron chi connectivity index (χ3n) is 2.62. The maximum atomic E-state index is 5.30. The summed E-state index contributed by atoms with van der Waals surface area (Å²) in [7, 11) is 0. The van der Waals surface area contributed by atoms with E-state index in [1.165, 1.54) is 0 Å². The minimum absolute atomic E-state index is 0.145. The van der Waals surface area contributed by atoms with Crippen LogP contribution in [0, 0.1) is 0 Å². The van der Waals surface area contributed by atoms with Crippen LogP contribution in [-0.2, 0) is 4.74 Å². The summed E-state index contributed by atoms with van der Waals surface area (Å²) in [4.78, 5) is 2.45. The summed E-state index contributed by atoms with van der Waals surface area (Å²) in [5.41, 5.74) is 0. The topological polar surface area (TPSA) is 24.5 Å². The van der Waals surface area contributed by atoms with Crippen LogP contribution in [0.3, 0.4) is 0 Å². The minimum atomic E-state index is 0.145. The van der Waals surface area contributed by atoms with Crippen LogP contribution in [0.4, 0.5) is 0 Å². The molecule has 0 saturated carbocycles. The van der Waals surface area contributed by atoms with E-state index >= 15 is 0 Å². The Balaban J connectivity index is 1.92. The molecule has 1 rings (SSSR count). The Bertz CT molecular complexity index is 164. The molecule has 0 spiro atoms. The van der Waals surface area contributed by atoms with Gasteiger partial charge >= 0.3 is 0 Å². The number of hydrogen-bond donors (Lipinski definition) is 2. The van der Waals surface area contributed by atoms with E-state index in [1.54, 1.807) is 0 Å². The Kier molecular flexibility index (Phi) is 5.97. The summed E-state index contributed by atoms with van der Waals surface area (Å²) in [6.45, 7) is 11.5. The van der Waals surface area contributed by atoms with Gasteiger partial charge in [-0.15, -0.1) is 0 Å². The van der Waals surface area contributed by atoms with Crippen molar-refractivity contribution < 1.29 is 4.74 Å². The van der Waals surface area contributed by atoms with E-state index in [9.17, 15) is 0 Å². The van der Waals surface area contributed by atoms with Gasteiger partial charge in [-0.25, -0.2) is 0 Å². The van der Waals surface area contributed by atoms with Gasteiger partial charge in [0.15, 0.2) is 0 Å². The molecule has 0 aliphatic carbocycles. The molecule has 0 radical (unpaired) electrons. The summed E-state index contributed by atoms with van der Waals surface area (Å²) < 4.78 is 5.44. The van der Waals surface area contributed by atoms with Gasteiger partial charge in [0.05, 0.1) is 13.2 Å². The summed E-state index contributed by atoms with van der Waals surface area (Å²) in [5.74, 6) is 0. The van der Waals surface area contributed by atoms with Crippen LogP contribution in [0.2, 0.25) is 0 Å². The summed E-state index contributed by atoms with van der Waals surface area (Å²) in [6, 6.07) is 0. The quantitative estimate of drug-likeness (QED) is 0.528. The maximum absolute atomic E-state index is 5.30. The van der Waals surface area contributed by atoms with E-state index in [-0.39, 0.29) is 4.75 Å². The molecule has 3 nitrogen and oxygen atoms in total. The predicted molar refractivity (Wildman–Crippen MR) is 67.8 cm³/mol. The molecule has 1 fully saturated rings. The molecule has 0 aromatic heterocycles. The van der Waals surface area contributed by atoms with Crippen molar-refractivity contribution in [1.29, 1.82) is 0 Å². The molecule has 0 bridgehead atoms. The standard InChI is InChI=1S/C11H24N2OS/c1-11(2,15)3-4-12-5-6-13-7-9-14-10-8-13/h12,15H,3-10H2,1-2H3. The largest absolute Gasteiger partial charge is 0.379 e. The highest BCUT2D eigenvalue weighted by molar-refractivity contribution is 7.81. The molecule has 0 atom stereocenters. The van der Waals surface area contributed by atoms with Crippen molar-refractivity contribution in [3.05, 3.63) is 0 Å². The lowest BCUT2D eigenvalue weighted by molar-refractivity contribution is 0.0384. The van der Waals surface area contributed by atoms with Gasteiger partial charge in [-0.05, 0) is 13.0 Å². The second kappa shape index (κ2) is 6.74. The number of nitrogens with zero attached hydrogens (tertiary/aromatic N) is 1. The van der Waals surface area contributed by atoms with Crippen molar-refractivity contribution in [3.63, 3.8) is 0 Å². The van der Waals surface area contributed by atoms with E-state index in [2.05, 4.69) is 36.7 Å². The van der Waals surface area contributed by atoms with Crippen LogP contribution in [0.1, 0.15) is 20.3 Å². The molecule has 0 aromatic rings. The Morgan fingerprint density at radius 1 is 1.27 bits per heavy atom. The smallest absolute Gasteiger partial charge is 0.0594 e. The summed E-state index contributed by atoms with van der Waals surface area (Å²) >= 11 is 4.49. The van der Waals surface area contributed by atoms with E-state index in [4.69, 9.17) is 4.74 Å². The number of rotatable bonds is 6. The van der Waals surface area contributed by atoms with Crippen LogP contribution in [-0.4, -0.2) is 55.6 Å². The fourth-order valence-electron chi connectivity index (χ4n) is 1.58. The van der Waals surface area contributed by atoms with Gasteiger partial charge in [-0.2, -0.15) is 12.6 Å². The van der Waals surface area contributed by atoms with Gasteiger partial charge in [0.2, 0.25) is 0 Å². The van der Waals surface area contributed by atoms with Gasteiger partial charge in [0.25, 0.3) is 0 Å². The predicted octanol–water partition coefficient (Wildman–Crippen LogP) is 1.01. The molecule has 15 heavy (non-hydrogen) atoms. The third kappa shape index (κ3) is 7.17. The molecule has 90 valence electrons. The molecule has 0 aromatic carbocycles. The summed E-state index contributed by atoms with van der Waals surface area (Å²) in [6.07, 6.45) is 1.11. The molecule has 1 aliphatic rings. The number of morpholine rings is 1. The Labute approximate surface area is 99.0 Å². The van der Waals surface area contributed by atoms with Crippen LogP contribution < -0.4 is 5.32 Å². The zero-order valence-electron chi connectivity index (χ0n) is 9.96. The highest BCUT2D eigenvalue weighted by atomic mass is 32.1. The van der Waals surface area contributed by atoms with Gasteiger partial charge in [-0.1, -0.05) is 13.8 Å². The summed E-state index contributed by atoms with van der Waals surface area (Å²) in [5, 5.41) is 3.46. The molecule has 1 N–H and O–H groups in total. The average molecular weight is 232 g/mol. The molecule has 0 amide bonds. The normalized spacial score (nSPS) is 19.4. The Morgan fingerprint density at radius 2 is 1.93 bits per heavy atom. The fraction of sp³-hybridized carbons (Fsp3) is 1.00. The first kappa shape index (κ1) is 13.3. The molecule has 1 heterocycles. The van der Waals surface area contributed by atoms with Crippen molar-refractivity contribution in [1.82, 2.24) is 10.2 Å². The van der Waals surface area contributed by atoms with Crippen molar-refractivity contribution in [2.24, 2.45) is 0 Å². The number of hydrogen-bond acceptors (Lipinski definition) is 4. The van der Waals surface area contributed by atoms with Crippen molar-refractivity contribution in [2.75, 3.05) is 45.9 Å². The Hall–Kier alpha value is 0.230. The highest BCUT2D eigenvalue weighted by Gasteiger charge is 2.11.